The van der Waals surface area contributed by atoms with Crippen molar-refractivity contribution >= 4 is 27.4 Å². The van der Waals surface area contributed by atoms with Crippen molar-refractivity contribution in [1.29, 1.82) is 5.26 Å². The van der Waals surface area contributed by atoms with Crippen LogP contribution < -0.4 is 21.5 Å². The number of benzene rings is 1. The molecule has 2 heterocycles. The third kappa shape index (κ3) is 5.28. The average molecular weight is 461 g/mol. The maximum absolute atomic E-state index is 12.0. The van der Waals surface area contributed by atoms with Gasteiger partial charge in [-0.1, -0.05) is 0 Å². The highest BCUT2D eigenvalue weighted by Crippen LogP contribution is 2.23. The van der Waals surface area contributed by atoms with E-state index >= 15 is 0 Å². The van der Waals surface area contributed by atoms with Crippen molar-refractivity contribution in [3.05, 3.63) is 55.1 Å². The lowest BCUT2D eigenvalue weighted by molar-refractivity contribution is 0.255. The summed E-state index contributed by atoms with van der Waals surface area (Å²) >= 11 is 3.49. The SMILES string of the molecule is CCn1c(N2CCN(CCCNc3ccc(C#N)cc3Br)CC2)cc(=O)[nH]c1=O. The molecule has 0 saturated carbocycles. The maximum Gasteiger partial charge on any atom is 0.329 e. The topological polar surface area (TPSA) is 97.2 Å². The van der Waals surface area contributed by atoms with Crippen molar-refractivity contribution < 1.29 is 0 Å². The number of nitriles is 1. The van der Waals surface area contributed by atoms with E-state index in [4.69, 9.17) is 5.26 Å². The first-order valence-corrected chi connectivity index (χ1v) is 10.6. The van der Waals surface area contributed by atoms with Gasteiger partial charge in [-0.25, -0.2) is 4.79 Å². The zero-order valence-electron chi connectivity index (χ0n) is 16.4. The van der Waals surface area contributed by atoms with Crippen LogP contribution in [0.3, 0.4) is 0 Å². The number of hydrogen-bond donors (Lipinski definition) is 2. The third-order valence-corrected chi connectivity index (χ3v) is 5.75. The lowest BCUT2D eigenvalue weighted by Gasteiger charge is -2.36. The van der Waals surface area contributed by atoms with Crippen molar-refractivity contribution in [2.24, 2.45) is 0 Å². The van der Waals surface area contributed by atoms with Gasteiger partial charge in [-0.05, 0) is 54.0 Å². The normalized spacial score (nSPS) is 14.6. The molecule has 3 rings (SSSR count). The molecule has 8 nitrogen and oxygen atoms in total. The van der Waals surface area contributed by atoms with Crippen molar-refractivity contribution in [1.82, 2.24) is 14.5 Å². The van der Waals surface area contributed by atoms with Crippen LogP contribution in [0.25, 0.3) is 0 Å². The Morgan fingerprint density at radius 3 is 2.62 bits per heavy atom. The summed E-state index contributed by atoms with van der Waals surface area (Å²) in [5, 5.41) is 12.3. The van der Waals surface area contributed by atoms with Crippen molar-refractivity contribution in [2.45, 2.75) is 19.9 Å². The molecule has 0 radical (unpaired) electrons. The van der Waals surface area contributed by atoms with Crippen LogP contribution in [0.4, 0.5) is 11.5 Å². The fraction of sp³-hybridized carbons (Fsp3) is 0.450. The van der Waals surface area contributed by atoms with E-state index in [1.165, 1.54) is 6.07 Å². The number of H-pyrrole nitrogens is 1. The first-order valence-electron chi connectivity index (χ1n) is 9.77. The summed E-state index contributed by atoms with van der Waals surface area (Å²) in [5.74, 6) is 0.702. The minimum atomic E-state index is -0.350. The van der Waals surface area contributed by atoms with Gasteiger partial charge in [0.15, 0.2) is 0 Å². The summed E-state index contributed by atoms with van der Waals surface area (Å²) < 4.78 is 2.50. The zero-order chi connectivity index (χ0) is 20.8. The highest BCUT2D eigenvalue weighted by molar-refractivity contribution is 9.10. The molecule has 0 bridgehead atoms. The van der Waals surface area contributed by atoms with Crippen LogP contribution in [0.15, 0.2) is 38.3 Å². The number of nitrogens with one attached hydrogen (secondary N) is 2. The van der Waals surface area contributed by atoms with Gasteiger partial charge in [0, 0.05) is 55.5 Å². The number of rotatable bonds is 7. The van der Waals surface area contributed by atoms with Crippen LogP contribution in [-0.2, 0) is 6.54 Å². The highest BCUT2D eigenvalue weighted by atomic mass is 79.9. The minimum absolute atomic E-state index is 0.350. The van der Waals surface area contributed by atoms with E-state index in [1.807, 2.05) is 19.1 Å². The molecule has 1 aromatic carbocycles. The number of nitrogens with zero attached hydrogens (tertiary/aromatic N) is 4. The molecule has 154 valence electrons. The first-order chi connectivity index (χ1) is 14.0. The molecule has 29 heavy (non-hydrogen) atoms. The molecule has 1 aliphatic heterocycles. The fourth-order valence-corrected chi connectivity index (χ4v) is 4.05. The van der Waals surface area contributed by atoms with Gasteiger partial charge >= 0.3 is 5.69 Å². The highest BCUT2D eigenvalue weighted by Gasteiger charge is 2.19. The summed E-state index contributed by atoms with van der Waals surface area (Å²) in [5.41, 5.74) is 0.921. The zero-order valence-corrected chi connectivity index (χ0v) is 18.0. The van der Waals surface area contributed by atoms with E-state index in [-0.39, 0.29) is 11.2 Å². The summed E-state index contributed by atoms with van der Waals surface area (Å²) in [7, 11) is 0. The molecule has 2 N–H and O–H groups in total. The molecule has 0 atom stereocenters. The molecular weight excluding hydrogens is 436 g/mol. The largest absolute Gasteiger partial charge is 0.384 e. The van der Waals surface area contributed by atoms with Gasteiger partial charge in [0.1, 0.15) is 5.82 Å². The van der Waals surface area contributed by atoms with Gasteiger partial charge in [0.25, 0.3) is 5.56 Å². The molecule has 0 spiro atoms. The van der Waals surface area contributed by atoms with Gasteiger partial charge in [0.05, 0.1) is 11.6 Å². The van der Waals surface area contributed by atoms with E-state index in [0.29, 0.717) is 17.9 Å². The quantitative estimate of drug-likeness (QED) is 0.611. The molecule has 0 unspecified atom stereocenters. The van der Waals surface area contributed by atoms with Crippen molar-refractivity contribution in [2.75, 3.05) is 49.5 Å². The number of hydrogen-bond acceptors (Lipinski definition) is 6. The third-order valence-electron chi connectivity index (χ3n) is 5.09. The predicted molar refractivity (Wildman–Crippen MR) is 118 cm³/mol. The Labute approximate surface area is 177 Å². The molecular formula is C20H25BrN6O2. The van der Waals surface area contributed by atoms with Gasteiger partial charge < -0.3 is 10.2 Å². The molecule has 0 amide bonds. The summed E-state index contributed by atoms with van der Waals surface area (Å²) in [6.07, 6.45) is 0.997. The number of anilines is 2. The molecule has 1 fully saturated rings. The number of piperazine rings is 1. The molecule has 1 saturated heterocycles. The van der Waals surface area contributed by atoms with E-state index < -0.39 is 0 Å². The van der Waals surface area contributed by atoms with Crippen LogP contribution in [-0.4, -0.2) is 53.7 Å². The Morgan fingerprint density at radius 1 is 1.21 bits per heavy atom. The van der Waals surface area contributed by atoms with E-state index in [1.54, 1.807) is 10.6 Å². The Bertz CT molecular complexity index is 1000. The Balaban J connectivity index is 1.47. The monoisotopic (exact) mass is 460 g/mol. The summed E-state index contributed by atoms with van der Waals surface area (Å²) in [6, 6.07) is 9.17. The molecule has 2 aromatic rings. The molecule has 1 aromatic heterocycles. The van der Waals surface area contributed by atoms with Crippen molar-refractivity contribution in [3.63, 3.8) is 0 Å². The average Bonchev–Trinajstić information content (AvgIpc) is 2.72. The number of aromatic nitrogens is 2. The Kier molecular flexibility index (Phi) is 7.12. The van der Waals surface area contributed by atoms with Gasteiger partial charge in [-0.2, -0.15) is 5.26 Å². The Hall–Kier alpha value is -2.57. The van der Waals surface area contributed by atoms with E-state index in [9.17, 15) is 9.59 Å². The minimum Gasteiger partial charge on any atom is -0.384 e. The standard InChI is InChI=1S/C20H25BrN6O2/c1-2-27-19(13-18(28)24-20(27)29)26-10-8-25(9-11-26)7-3-6-23-17-5-4-15(14-22)12-16(17)21/h4-5,12-13,23H,2-3,6-11H2,1H3,(H,24,28,29). The number of halogens is 1. The van der Waals surface area contributed by atoms with Crippen molar-refractivity contribution in [3.8, 4) is 6.07 Å². The van der Waals surface area contributed by atoms with E-state index in [0.717, 1.165) is 55.8 Å². The van der Waals surface area contributed by atoms with Crippen LogP contribution in [0, 0.1) is 11.3 Å². The molecule has 9 heteroatoms. The van der Waals surface area contributed by atoms with Crippen LogP contribution in [0.1, 0.15) is 18.9 Å². The van der Waals surface area contributed by atoms with Crippen LogP contribution in [0.5, 0.6) is 0 Å². The second-order valence-corrected chi connectivity index (χ2v) is 7.81. The van der Waals surface area contributed by atoms with Crippen LogP contribution in [0.2, 0.25) is 0 Å². The number of aromatic amines is 1. The van der Waals surface area contributed by atoms with Gasteiger partial charge in [0.2, 0.25) is 0 Å². The lowest BCUT2D eigenvalue weighted by Crippen LogP contribution is -2.49. The summed E-state index contributed by atoms with van der Waals surface area (Å²) in [4.78, 5) is 30.5. The predicted octanol–water partition coefficient (Wildman–Crippen LogP) is 1.81. The maximum atomic E-state index is 12.0. The Morgan fingerprint density at radius 2 is 1.97 bits per heavy atom. The second kappa shape index (κ2) is 9.76. The first kappa shape index (κ1) is 21.1. The second-order valence-electron chi connectivity index (χ2n) is 6.96. The summed E-state index contributed by atoms with van der Waals surface area (Å²) in [6.45, 7) is 7.62. The fourth-order valence-electron chi connectivity index (χ4n) is 3.53. The van der Waals surface area contributed by atoms with Gasteiger partial charge in [-0.15, -0.1) is 0 Å². The smallest absolute Gasteiger partial charge is 0.329 e. The van der Waals surface area contributed by atoms with Gasteiger partial charge in [-0.3, -0.25) is 19.2 Å². The van der Waals surface area contributed by atoms with Crippen LogP contribution >= 0.6 is 15.9 Å². The lowest BCUT2D eigenvalue weighted by atomic mass is 10.2. The molecule has 1 aliphatic rings. The molecule has 0 aliphatic carbocycles. The van der Waals surface area contributed by atoms with E-state index in [2.05, 4.69) is 42.1 Å².